The molecule has 3 aromatic rings. The van der Waals surface area contributed by atoms with Gasteiger partial charge in [0.2, 0.25) is 0 Å². The molecule has 0 radical (unpaired) electrons. The quantitative estimate of drug-likeness (QED) is 0.774. The number of nitrogens with zero attached hydrogens (tertiary/aromatic N) is 1. The van der Waals surface area contributed by atoms with Crippen LogP contribution < -0.4 is 4.74 Å². The Kier molecular flexibility index (Phi) is 3.58. The minimum atomic E-state index is -0.892. The largest absolute Gasteiger partial charge is 0.494 e. The van der Waals surface area contributed by atoms with Gasteiger partial charge in [-0.25, -0.2) is 9.37 Å². The molecule has 0 aliphatic rings. The second kappa shape index (κ2) is 5.54. The molecule has 0 spiro atoms. The second-order valence-corrected chi connectivity index (χ2v) is 4.69. The molecule has 0 saturated carbocycles. The Morgan fingerprint density at radius 1 is 1.24 bits per heavy atom. The monoisotopic (exact) mass is 286 g/mol. The number of benzene rings is 2. The Morgan fingerprint density at radius 2 is 2.00 bits per heavy atom. The summed E-state index contributed by atoms with van der Waals surface area (Å²) in [6, 6.07) is 11.4. The number of halogens is 1. The molecule has 0 aliphatic heterocycles. The molecule has 0 amide bonds. The van der Waals surface area contributed by atoms with Gasteiger partial charge in [-0.05, 0) is 36.8 Å². The second-order valence-electron chi connectivity index (χ2n) is 4.69. The summed E-state index contributed by atoms with van der Waals surface area (Å²) in [5.41, 5.74) is 1.88. The predicted molar refractivity (Wildman–Crippen MR) is 77.7 cm³/mol. The van der Waals surface area contributed by atoms with Crippen LogP contribution in [0, 0.1) is 5.82 Å². The average Bonchev–Trinajstić information content (AvgIpc) is 2.90. The normalized spacial score (nSPS) is 12.5. The van der Waals surface area contributed by atoms with Gasteiger partial charge in [0.05, 0.1) is 17.6 Å². The number of nitrogens with one attached hydrogen (secondary N) is 1. The molecule has 3 rings (SSSR count). The molecule has 108 valence electrons. The van der Waals surface area contributed by atoms with Crippen molar-refractivity contribution in [3.8, 4) is 5.75 Å². The molecule has 0 saturated heterocycles. The fourth-order valence-electron chi connectivity index (χ4n) is 2.20. The Hall–Kier alpha value is -2.40. The molecule has 0 aliphatic carbocycles. The molecular weight excluding hydrogens is 271 g/mol. The van der Waals surface area contributed by atoms with Crippen molar-refractivity contribution in [1.29, 1.82) is 0 Å². The van der Waals surface area contributed by atoms with Crippen molar-refractivity contribution in [1.82, 2.24) is 9.97 Å². The summed E-state index contributed by atoms with van der Waals surface area (Å²) in [5, 5.41) is 10.4. The van der Waals surface area contributed by atoms with Crippen molar-refractivity contribution in [2.24, 2.45) is 0 Å². The third-order valence-corrected chi connectivity index (χ3v) is 3.23. The Balaban J connectivity index is 1.90. The lowest BCUT2D eigenvalue weighted by molar-refractivity contribution is 0.211. The molecule has 0 bridgehead atoms. The topological polar surface area (TPSA) is 58.1 Å². The van der Waals surface area contributed by atoms with Crippen LogP contribution >= 0.6 is 0 Å². The Labute approximate surface area is 121 Å². The third kappa shape index (κ3) is 2.73. The standard InChI is InChI=1S/C16H15FN2O2/c1-2-21-12-6-3-10(4-7-12)15(20)16-18-13-8-5-11(17)9-14(13)19-16/h3-9,15,20H,2H2,1H3,(H,18,19). The van der Waals surface area contributed by atoms with Gasteiger partial charge < -0.3 is 14.8 Å². The van der Waals surface area contributed by atoms with Crippen LogP contribution in [0.5, 0.6) is 5.75 Å². The van der Waals surface area contributed by atoms with Crippen molar-refractivity contribution in [3.05, 3.63) is 59.7 Å². The van der Waals surface area contributed by atoms with Crippen LogP contribution in [0.3, 0.4) is 0 Å². The fraction of sp³-hybridized carbons (Fsp3) is 0.188. The SMILES string of the molecule is CCOc1ccc(C(O)c2nc3cc(F)ccc3[nH]2)cc1. The van der Waals surface area contributed by atoms with Gasteiger partial charge in [0.25, 0.3) is 0 Å². The molecule has 1 atom stereocenters. The number of rotatable bonds is 4. The van der Waals surface area contributed by atoms with Crippen LogP contribution in [0.1, 0.15) is 24.4 Å². The van der Waals surface area contributed by atoms with Gasteiger partial charge in [0.15, 0.2) is 0 Å². The lowest BCUT2D eigenvalue weighted by Crippen LogP contribution is -2.02. The summed E-state index contributed by atoms with van der Waals surface area (Å²) < 4.78 is 18.5. The molecule has 2 N–H and O–H groups in total. The highest BCUT2D eigenvalue weighted by Gasteiger charge is 2.15. The smallest absolute Gasteiger partial charge is 0.140 e. The number of ether oxygens (including phenoxy) is 1. The molecule has 5 heteroatoms. The number of imidazole rings is 1. The average molecular weight is 286 g/mol. The van der Waals surface area contributed by atoms with Gasteiger partial charge in [0, 0.05) is 6.07 Å². The number of hydrogen-bond donors (Lipinski definition) is 2. The van der Waals surface area contributed by atoms with E-state index in [9.17, 15) is 9.50 Å². The summed E-state index contributed by atoms with van der Waals surface area (Å²) in [5.74, 6) is 0.788. The Bertz CT molecular complexity index is 753. The van der Waals surface area contributed by atoms with Crippen LogP contribution in [0.4, 0.5) is 4.39 Å². The minimum Gasteiger partial charge on any atom is -0.494 e. The summed E-state index contributed by atoms with van der Waals surface area (Å²) in [7, 11) is 0. The summed E-state index contributed by atoms with van der Waals surface area (Å²) >= 11 is 0. The van der Waals surface area contributed by atoms with E-state index >= 15 is 0 Å². The van der Waals surface area contributed by atoms with Gasteiger partial charge in [0.1, 0.15) is 23.5 Å². The highest BCUT2D eigenvalue weighted by atomic mass is 19.1. The number of aliphatic hydroxyl groups excluding tert-OH is 1. The first-order valence-electron chi connectivity index (χ1n) is 6.73. The van der Waals surface area contributed by atoms with Crippen LogP contribution in [0.2, 0.25) is 0 Å². The van der Waals surface area contributed by atoms with Crippen LogP contribution in [-0.2, 0) is 0 Å². The summed E-state index contributed by atoms with van der Waals surface area (Å²) in [6.45, 7) is 2.51. The number of hydrogen-bond acceptors (Lipinski definition) is 3. The summed E-state index contributed by atoms with van der Waals surface area (Å²) in [6.07, 6.45) is -0.892. The maximum atomic E-state index is 13.2. The van der Waals surface area contributed by atoms with E-state index < -0.39 is 6.10 Å². The number of aliphatic hydroxyl groups is 1. The molecule has 1 unspecified atom stereocenters. The Morgan fingerprint density at radius 3 is 2.71 bits per heavy atom. The van der Waals surface area contributed by atoms with Crippen LogP contribution in [0.15, 0.2) is 42.5 Å². The fourth-order valence-corrected chi connectivity index (χ4v) is 2.20. The van der Waals surface area contributed by atoms with Crippen molar-refractivity contribution in [2.75, 3.05) is 6.61 Å². The van der Waals surface area contributed by atoms with Crippen molar-refractivity contribution < 1.29 is 14.2 Å². The number of H-pyrrole nitrogens is 1. The van der Waals surface area contributed by atoms with Gasteiger partial charge in [-0.1, -0.05) is 12.1 Å². The maximum Gasteiger partial charge on any atom is 0.140 e. The zero-order valence-electron chi connectivity index (χ0n) is 11.5. The predicted octanol–water partition coefficient (Wildman–Crippen LogP) is 3.18. The van der Waals surface area contributed by atoms with Gasteiger partial charge in [-0.2, -0.15) is 0 Å². The van der Waals surface area contributed by atoms with Gasteiger partial charge >= 0.3 is 0 Å². The van der Waals surface area contributed by atoms with Gasteiger partial charge in [-0.3, -0.25) is 0 Å². The van der Waals surface area contributed by atoms with E-state index in [1.54, 1.807) is 30.3 Å². The molecule has 0 fully saturated rings. The molecule has 1 heterocycles. The molecule has 4 nitrogen and oxygen atoms in total. The molecule has 21 heavy (non-hydrogen) atoms. The van der Waals surface area contributed by atoms with Crippen LogP contribution in [0.25, 0.3) is 11.0 Å². The first-order valence-corrected chi connectivity index (χ1v) is 6.73. The van der Waals surface area contributed by atoms with E-state index in [4.69, 9.17) is 4.74 Å². The number of fused-ring (bicyclic) bond motifs is 1. The summed E-state index contributed by atoms with van der Waals surface area (Å²) in [4.78, 5) is 7.23. The van der Waals surface area contributed by atoms with E-state index in [1.165, 1.54) is 12.1 Å². The molecule has 1 aromatic heterocycles. The van der Waals surface area contributed by atoms with Crippen molar-refractivity contribution >= 4 is 11.0 Å². The van der Waals surface area contributed by atoms with E-state index in [-0.39, 0.29) is 5.82 Å². The van der Waals surface area contributed by atoms with Crippen molar-refractivity contribution in [2.45, 2.75) is 13.0 Å². The zero-order chi connectivity index (χ0) is 14.8. The van der Waals surface area contributed by atoms with E-state index in [0.29, 0.717) is 29.0 Å². The van der Waals surface area contributed by atoms with E-state index in [0.717, 1.165) is 5.75 Å². The van der Waals surface area contributed by atoms with E-state index in [2.05, 4.69) is 9.97 Å². The van der Waals surface area contributed by atoms with Gasteiger partial charge in [-0.15, -0.1) is 0 Å². The third-order valence-electron chi connectivity index (χ3n) is 3.23. The maximum absolute atomic E-state index is 13.2. The molecular formula is C16H15FN2O2. The van der Waals surface area contributed by atoms with Crippen molar-refractivity contribution in [3.63, 3.8) is 0 Å². The number of aromatic amines is 1. The molecule has 2 aromatic carbocycles. The number of aromatic nitrogens is 2. The lowest BCUT2D eigenvalue weighted by Gasteiger charge is -2.09. The first-order chi connectivity index (χ1) is 10.2. The highest BCUT2D eigenvalue weighted by Crippen LogP contribution is 2.24. The van der Waals surface area contributed by atoms with Crippen LogP contribution in [-0.4, -0.2) is 21.7 Å². The first kappa shape index (κ1) is 13.6. The minimum absolute atomic E-state index is 0.351. The lowest BCUT2D eigenvalue weighted by atomic mass is 10.1. The van der Waals surface area contributed by atoms with E-state index in [1.807, 2.05) is 6.92 Å². The zero-order valence-corrected chi connectivity index (χ0v) is 11.5. The highest BCUT2D eigenvalue weighted by molar-refractivity contribution is 5.75.